The molecule has 1 heterocycles. The van der Waals surface area contributed by atoms with Crippen LogP contribution in [0.4, 0.5) is 4.79 Å². The molecule has 4 atom stereocenters. The number of rotatable bonds is 7. The number of hydrogen-bond acceptors (Lipinski definition) is 3. The van der Waals surface area contributed by atoms with Gasteiger partial charge >= 0.3 is 6.09 Å². The zero-order valence-electron chi connectivity index (χ0n) is 16.3. The van der Waals surface area contributed by atoms with Gasteiger partial charge in [-0.2, -0.15) is 0 Å². The molecule has 2 fully saturated rings. The lowest BCUT2D eigenvalue weighted by Crippen LogP contribution is -2.51. The third-order valence-corrected chi connectivity index (χ3v) is 6.14. The van der Waals surface area contributed by atoms with Gasteiger partial charge in [0.2, 0.25) is 5.91 Å². The van der Waals surface area contributed by atoms with Gasteiger partial charge in [-0.05, 0) is 36.7 Å². The second kappa shape index (κ2) is 8.74. The normalized spacial score (nSPS) is 25.8. The highest BCUT2D eigenvalue weighted by Gasteiger charge is 2.43. The van der Waals surface area contributed by atoms with Crippen LogP contribution in [0.5, 0.6) is 0 Å². The fourth-order valence-electron chi connectivity index (χ4n) is 4.69. The van der Waals surface area contributed by atoms with E-state index < -0.39 is 12.1 Å². The molecule has 0 radical (unpaired) electrons. The van der Waals surface area contributed by atoms with Crippen LogP contribution >= 0.6 is 0 Å². The minimum atomic E-state index is -1.05. The van der Waals surface area contributed by atoms with Crippen LogP contribution in [-0.2, 0) is 11.3 Å². The van der Waals surface area contributed by atoms with E-state index in [0.29, 0.717) is 18.3 Å². The summed E-state index contributed by atoms with van der Waals surface area (Å²) < 4.78 is 0. The van der Waals surface area contributed by atoms with E-state index in [0.717, 1.165) is 43.8 Å². The Morgan fingerprint density at radius 1 is 1.26 bits per heavy atom. The standard InChI is InChI=1S/C21H31N3O3/c1-3-7-19(23(2)21(26)27)20(25)22-18-11-10-16-13-24(14-17(16)18)12-15-8-5-4-6-9-15/h4-6,8-9,16-19H,3,7,10-14H2,1-2H3,(H,22,25)(H,26,27)/t16-,17+,18+,19-/m0/s1. The van der Waals surface area contributed by atoms with Crippen molar-refractivity contribution in [2.75, 3.05) is 20.1 Å². The Balaban J connectivity index is 1.58. The van der Waals surface area contributed by atoms with Crippen molar-refractivity contribution < 1.29 is 14.7 Å². The first-order valence-electron chi connectivity index (χ1n) is 10.0. The summed E-state index contributed by atoms with van der Waals surface area (Å²) in [5, 5.41) is 12.4. The molecule has 6 heteroatoms. The molecule has 27 heavy (non-hydrogen) atoms. The Hall–Kier alpha value is -2.08. The molecule has 1 saturated heterocycles. The SMILES string of the molecule is CCC[C@@H](C(=O)N[C@@H]1CC[C@H]2CN(Cc3ccccc3)C[C@H]21)N(C)C(=O)O. The Morgan fingerprint density at radius 3 is 2.67 bits per heavy atom. The van der Waals surface area contributed by atoms with Gasteiger partial charge in [0.25, 0.3) is 0 Å². The van der Waals surface area contributed by atoms with Crippen LogP contribution in [0.15, 0.2) is 30.3 Å². The lowest BCUT2D eigenvalue weighted by atomic mass is 9.97. The van der Waals surface area contributed by atoms with E-state index in [-0.39, 0.29) is 11.9 Å². The number of carbonyl (C=O) groups excluding carboxylic acids is 1. The quantitative estimate of drug-likeness (QED) is 0.771. The number of likely N-dealkylation sites (tertiary alicyclic amines) is 1. The summed E-state index contributed by atoms with van der Waals surface area (Å²) in [6.45, 7) is 5.01. The summed E-state index contributed by atoms with van der Waals surface area (Å²) in [5.41, 5.74) is 1.32. The highest BCUT2D eigenvalue weighted by atomic mass is 16.4. The molecular weight excluding hydrogens is 342 g/mol. The Labute approximate surface area is 161 Å². The first-order valence-corrected chi connectivity index (χ1v) is 10.0. The number of nitrogens with zero attached hydrogens (tertiary/aromatic N) is 2. The minimum absolute atomic E-state index is 0.145. The molecule has 0 aromatic heterocycles. The molecule has 0 unspecified atom stereocenters. The van der Waals surface area contributed by atoms with E-state index in [1.54, 1.807) is 0 Å². The number of fused-ring (bicyclic) bond motifs is 1. The van der Waals surface area contributed by atoms with Crippen molar-refractivity contribution in [1.29, 1.82) is 0 Å². The lowest BCUT2D eigenvalue weighted by molar-refractivity contribution is -0.126. The molecule has 0 bridgehead atoms. The average Bonchev–Trinajstić information content (AvgIpc) is 3.21. The molecule has 2 N–H and O–H groups in total. The van der Waals surface area contributed by atoms with Gasteiger partial charge in [-0.25, -0.2) is 4.79 Å². The van der Waals surface area contributed by atoms with E-state index in [4.69, 9.17) is 0 Å². The fraction of sp³-hybridized carbons (Fsp3) is 0.619. The molecule has 2 aliphatic rings. The highest BCUT2D eigenvalue weighted by Crippen LogP contribution is 2.38. The van der Waals surface area contributed by atoms with Crippen LogP contribution in [-0.4, -0.2) is 59.1 Å². The largest absolute Gasteiger partial charge is 0.465 e. The summed E-state index contributed by atoms with van der Waals surface area (Å²) in [4.78, 5) is 27.7. The first kappa shape index (κ1) is 19.7. The van der Waals surface area contributed by atoms with Crippen molar-refractivity contribution in [1.82, 2.24) is 15.1 Å². The van der Waals surface area contributed by atoms with E-state index in [1.807, 2.05) is 13.0 Å². The number of amides is 2. The number of likely N-dealkylation sites (N-methyl/N-ethyl adjacent to an activating group) is 1. The molecule has 1 aliphatic heterocycles. The summed E-state index contributed by atoms with van der Waals surface area (Å²) in [6, 6.07) is 10.0. The topological polar surface area (TPSA) is 72.9 Å². The zero-order chi connectivity index (χ0) is 19.4. The summed E-state index contributed by atoms with van der Waals surface area (Å²) >= 11 is 0. The van der Waals surface area contributed by atoms with Crippen molar-refractivity contribution in [3.8, 4) is 0 Å². The van der Waals surface area contributed by atoms with Gasteiger partial charge in [0.1, 0.15) is 6.04 Å². The number of carbonyl (C=O) groups is 2. The summed E-state index contributed by atoms with van der Waals surface area (Å²) in [5.74, 6) is 0.949. The van der Waals surface area contributed by atoms with Gasteiger partial charge in [0.05, 0.1) is 0 Å². The average molecular weight is 373 g/mol. The lowest BCUT2D eigenvalue weighted by Gasteiger charge is -2.28. The second-order valence-electron chi connectivity index (χ2n) is 7.99. The van der Waals surface area contributed by atoms with Crippen molar-refractivity contribution in [3.05, 3.63) is 35.9 Å². The third-order valence-electron chi connectivity index (χ3n) is 6.14. The van der Waals surface area contributed by atoms with Crippen molar-refractivity contribution in [3.63, 3.8) is 0 Å². The van der Waals surface area contributed by atoms with Crippen molar-refractivity contribution >= 4 is 12.0 Å². The van der Waals surface area contributed by atoms with Gasteiger partial charge in [-0.3, -0.25) is 14.6 Å². The maximum Gasteiger partial charge on any atom is 0.407 e. The summed E-state index contributed by atoms with van der Waals surface area (Å²) in [6.07, 6.45) is 2.40. The number of hydrogen-bond donors (Lipinski definition) is 2. The van der Waals surface area contributed by atoms with Gasteiger partial charge in [-0.1, -0.05) is 43.7 Å². The van der Waals surface area contributed by atoms with Gasteiger partial charge in [-0.15, -0.1) is 0 Å². The number of carboxylic acid groups (broad SMARTS) is 1. The maximum atomic E-state index is 12.8. The molecule has 1 aromatic carbocycles. The highest BCUT2D eigenvalue weighted by molar-refractivity contribution is 5.85. The molecule has 6 nitrogen and oxygen atoms in total. The molecule has 1 aromatic rings. The van der Waals surface area contributed by atoms with Crippen LogP contribution < -0.4 is 5.32 Å². The predicted molar refractivity (Wildman–Crippen MR) is 104 cm³/mol. The fourth-order valence-corrected chi connectivity index (χ4v) is 4.69. The minimum Gasteiger partial charge on any atom is -0.465 e. The van der Waals surface area contributed by atoms with Crippen molar-refractivity contribution in [2.45, 2.75) is 51.2 Å². The second-order valence-corrected chi connectivity index (χ2v) is 7.99. The van der Waals surface area contributed by atoms with Crippen LogP contribution in [0.3, 0.4) is 0 Å². The van der Waals surface area contributed by atoms with Crippen LogP contribution in [0, 0.1) is 11.8 Å². The summed E-state index contributed by atoms with van der Waals surface area (Å²) in [7, 11) is 1.48. The Bertz CT molecular complexity index is 651. The molecule has 1 aliphatic carbocycles. The third kappa shape index (κ3) is 4.61. The van der Waals surface area contributed by atoms with Crippen molar-refractivity contribution in [2.24, 2.45) is 11.8 Å². The van der Waals surface area contributed by atoms with E-state index in [2.05, 4.69) is 34.5 Å². The van der Waals surface area contributed by atoms with E-state index in [1.165, 1.54) is 12.6 Å². The number of nitrogens with one attached hydrogen (secondary N) is 1. The Morgan fingerprint density at radius 2 is 2.00 bits per heavy atom. The predicted octanol–water partition coefficient (Wildman–Crippen LogP) is 2.79. The van der Waals surface area contributed by atoms with Crippen LogP contribution in [0.25, 0.3) is 0 Å². The molecule has 2 amide bonds. The van der Waals surface area contributed by atoms with E-state index >= 15 is 0 Å². The number of benzene rings is 1. The van der Waals surface area contributed by atoms with Gasteiger partial charge in [0, 0.05) is 32.7 Å². The first-order chi connectivity index (χ1) is 13.0. The van der Waals surface area contributed by atoms with Gasteiger partial charge < -0.3 is 10.4 Å². The van der Waals surface area contributed by atoms with E-state index in [9.17, 15) is 14.7 Å². The molecular formula is C21H31N3O3. The van der Waals surface area contributed by atoms with Crippen LogP contribution in [0.2, 0.25) is 0 Å². The Kier molecular flexibility index (Phi) is 6.37. The zero-order valence-corrected chi connectivity index (χ0v) is 16.3. The monoisotopic (exact) mass is 373 g/mol. The smallest absolute Gasteiger partial charge is 0.407 e. The van der Waals surface area contributed by atoms with Gasteiger partial charge in [0.15, 0.2) is 0 Å². The molecule has 148 valence electrons. The molecule has 0 spiro atoms. The maximum absolute atomic E-state index is 12.8. The van der Waals surface area contributed by atoms with Crippen LogP contribution in [0.1, 0.15) is 38.2 Å². The molecule has 1 saturated carbocycles. The molecule has 3 rings (SSSR count).